The Morgan fingerprint density at radius 1 is 1.46 bits per heavy atom. The molecular formula is C18H25N7O. The van der Waals surface area contributed by atoms with Crippen LogP contribution in [0.4, 0.5) is 11.4 Å². The predicted molar refractivity (Wildman–Crippen MR) is 102 cm³/mol. The number of nitrogens with zero attached hydrogens (tertiary/aromatic N) is 3. The van der Waals surface area contributed by atoms with E-state index < -0.39 is 0 Å². The van der Waals surface area contributed by atoms with Crippen LogP contribution in [0.25, 0.3) is 5.52 Å². The third kappa shape index (κ3) is 4.96. The molecular weight excluding hydrogens is 330 g/mol. The number of carbonyl (C=O) groups is 1. The smallest absolute Gasteiger partial charge is 0.143 e. The van der Waals surface area contributed by atoms with E-state index in [-0.39, 0.29) is 18.0 Å². The van der Waals surface area contributed by atoms with Crippen molar-refractivity contribution in [2.75, 3.05) is 11.1 Å². The Morgan fingerprint density at radius 3 is 2.69 bits per heavy atom. The van der Waals surface area contributed by atoms with Gasteiger partial charge in [0.1, 0.15) is 11.6 Å². The van der Waals surface area contributed by atoms with Gasteiger partial charge in [0, 0.05) is 6.04 Å². The number of aromatic nitrogens is 2. The van der Waals surface area contributed by atoms with Gasteiger partial charge in [0.05, 0.1) is 47.3 Å². The first kappa shape index (κ1) is 19.2. The number of rotatable bonds is 4. The number of hydrogen-bond acceptors (Lipinski definition) is 6. The Balaban J connectivity index is 0.000000352. The van der Waals surface area contributed by atoms with Crippen LogP contribution in [0.2, 0.25) is 0 Å². The topological polar surface area (TPSA) is 146 Å². The number of nitriles is 1. The Bertz CT molecular complexity index is 828. The van der Waals surface area contributed by atoms with Gasteiger partial charge in [0.2, 0.25) is 0 Å². The van der Waals surface area contributed by atoms with Crippen LogP contribution in [-0.4, -0.2) is 27.3 Å². The van der Waals surface area contributed by atoms with Crippen molar-refractivity contribution in [1.29, 1.82) is 10.7 Å². The lowest BCUT2D eigenvalue weighted by atomic mass is 9.95. The SMILES string of the molecule is CC(=O)CC#N.N=C(N)c1cnn2cc(N)cc2c1NC1CCCCC1. The molecule has 138 valence electrons. The third-order valence-corrected chi connectivity index (χ3v) is 4.23. The molecule has 26 heavy (non-hydrogen) atoms. The number of carbonyl (C=O) groups excluding carboxylic acids is 1. The average Bonchev–Trinajstić information content (AvgIpc) is 2.97. The summed E-state index contributed by atoms with van der Waals surface area (Å²) >= 11 is 0. The molecule has 0 aliphatic heterocycles. The molecule has 0 saturated heterocycles. The number of hydrogen-bond donors (Lipinski definition) is 4. The zero-order chi connectivity index (χ0) is 19.1. The zero-order valence-corrected chi connectivity index (χ0v) is 15.0. The molecule has 0 unspecified atom stereocenters. The van der Waals surface area contributed by atoms with Gasteiger partial charge in [-0.1, -0.05) is 19.3 Å². The highest BCUT2D eigenvalue weighted by molar-refractivity contribution is 6.03. The van der Waals surface area contributed by atoms with Crippen molar-refractivity contribution in [2.45, 2.75) is 51.5 Å². The maximum Gasteiger partial charge on any atom is 0.143 e. The molecule has 0 aromatic carbocycles. The molecule has 1 aliphatic carbocycles. The van der Waals surface area contributed by atoms with E-state index in [2.05, 4.69) is 10.4 Å². The van der Waals surface area contributed by atoms with Gasteiger partial charge in [-0.2, -0.15) is 10.4 Å². The highest BCUT2D eigenvalue weighted by atomic mass is 16.1. The Labute approximate surface area is 152 Å². The van der Waals surface area contributed by atoms with Crippen molar-refractivity contribution in [2.24, 2.45) is 5.73 Å². The maximum atomic E-state index is 9.82. The van der Waals surface area contributed by atoms with Crippen LogP contribution in [0, 0.1) is 16.7 Å². The first-order valence-corrected chi connectivity index (χ1v) is 8.66. The highest BCUT2D eigenvalue weighted by Crippen LogP contribution is 2.28. The molecule has 8 nitrogen and oxygen atoms in total. The number of Topliss-reactive ketones (excluding diaryl/α,β-unsaturated/α-hetero) is 1. The molecule has 0 atom stereocenters. The second-order valence-corrected chi connectivity index (χ2v) is 6.47. The molecule has 2 aromatic heterocycles. The van der Waals surface area contributed by atoms with Crippen LogP contribution in [-0.2, 0) is 4.79 Å². The summed E-state index contributed by atoms with van der Waals surface area (Å²) in [6, 6.07) is 4.02. The van der Waals surface area contributed by atoms with E-state index >= 15 is 0 Å². The van der Waals surface area contributed by atoms with Crippen molar-refractivity contribution in [3.63, 3.8) is 0 Å². The van der Waals surface area contributed by atoms with Gasteiger partial charge < -0.3 is 16.8 Å². The van der Waals surface area contributed by atoms with E-state index in [1.165, 1.54) is 26.2 Å². The number of ketones is 1. The van der Waals surface area contributed by atoms with Gasteiger partial charge in [-0.05, 0) is 25.8 Å². The van der Waals surface area contributed by atoms with Gasteiger partial charge in [0.15, 0.2) is 0 Å². The minimum atomic E-state index is -0.0718. The predicted octanol–water partition coefficient (Wildman–Crippen LogP) is 2.43. The molecule has 0 bridgehead atoms. The molecule has 1 aliphatic rings. The molecule has 2 heterocycles. The third-order valence-electron chi connectivity index (χ3n) is 4.23. The number of fused-ring (bicyclic) bond motifs is 1. The lowest BCUT2D eigenvalue weighted by Gasteiger charge is -2.25. The molecule has 0 amide bonds. The summed E-state index contributed by atoms with van der Waals surface area (Å²) < 4.78 is 1.73. The fourth-order valence-electron chi connectivity index (χ4n) is 3.00. The molecule has 0 radical (unpaired) electrons. The van der Waals surface area contributed by atoms with Crippen LogP contribution < -0.4 is 16.8 Å². The van der Waals surface area contributed by atoms with Gasteiger partial charge in [-0.15, -0.1) is 0 Å². The summed E-state index contributed by atoms with van der Waals surface area (Å²) in [5, 5.41) is 23.3. The normalized spacial score (nSPS) is 14.2. The quantitative estimate of drug-likeness (QED) is 0.489. The number of nitrogen functional groups attached to an aromatic ring is 2. The fraction of sp³-hybridized carbons (Fsp3) is 0.444. The minimum Gasteiger partial charge on any atom is -0.397 e. The first-order valence-electron chi connectivity index (χ1n) is 8.66. The van der Waals surface area contributed by atoms with Crippen molar-refractivity contribution < 1.29 is 4.79 Å². The van der Waals surface area contributed by atoms with E-state index in [4.69, 9.17) is 22.1 Å². The number of nitrogens with one attached hydrogen (secondary N) is 2. The highest BCUT2D eigenvalue weighted by Gasteiger charge is 2.18. The summed E-state index contributed by atoms with van der Waals surface area (Å²) in [4.78, 5) is 9.82. The molecule has 0 spiro atoms. The summed E-state index contributed by atoms with van der Waals surface area (Å²) in [6.07, 6.45) is 9.55. The fourth-order valence-corrected chi connectivity index (χ4v) is 3.00. The largest absolute Gasteiger partial charge is 0.397 e. The summed E-state index contributed by atoms with van der Waals surface area (Å²) in [6.45, 7) is 1.39. The van der Waals surface area contributed by atoms with Crippen molar-refractivity contribution in [1.82, 2.24) is 9.61 Å². The van der Waals surface area contributed by atoms with Crippen molar-refractivity contribution in [3.8, 4) is 6.07 Å². The minimum absolute atomic E-state index is 0.0260. The van der Waals surface area contributed by atoms with Gasteiger partial charge in [0.25, 0.3) is 0 Å². The molecule has 1 saturated carbocycles. The van der Waals surface area contributed by atoms with Crippen molar-refractivity contribution in [3.05, 3.63) is 24.0 Å². The molecule has 8 heteroatoms. The van der Waals surface area contributed by atoms with E-state index in [0.29, 0.717) is 17.3 Å². The summed E-state index contributed by atoms with van der Waals surface area (Å²) in [5.74, 6) is -0.0458. The number of nitrogens with two attached hydrogens (primary N) is 2. The lowest BCUT2D eigenvalue weighted by Crippen LogP contribution is -2.25. The van der Waals surface area contributed by atoms with Crippen LogP contribution in [0.15, 0.2) is 18.5 Å². The second-order valence-electron chi connectivity index (χ2n) is 6.47. The monoisotopic (exact) mass is 355 g/mol. The molecule has 3 rings (SSSR count). The lowest BCUT2D eigenvalue weighted by molar-refractivity contribution is -0.116. The molecule has 1 fully saturated rings. The summed E-state index contributed by atoms with van der Waals surface area (Å²) in [5.41, 5.74) is 14.6. The van der Waals surface area contributed by atoms with E-state index in [1.807, 2.05) is 6.07 Å². The van der Waals surface area contributed by atoms with Gasteiger partial charge in [-0.25, -0.2) is 4.52 Å². The maximum absolute atomic E-state index is 9.82. The molecule has 6 N–H and O–H groups in total. The van der Waals surface area contributed by atoms with Crippen LogP contribution >= 0.6 is 0 Å². The van der Waals surface area contributed by atoms with Crippen LogP contribution in [0.1, 0.15) is 51.0 Å². The van der Waals surface area contributed by atoms with Gasteiger partial charge in [-0.3, -0.25) is 10.2 Å². The first-order chi connectivity index (χ1) is 12.4. The van der Waals surface area contributed by atoms with Crippen LogP contribution in [0.3, 0.4) is 0 Å². The zero-order valence-electron chi connectivity index (χ0n) is 15.0. The Morgan fingerprint density at radius 2 is 2.15 bits per heavy atom. The Kier molecular flexibility index (Phi) is 6.55. The van der Waals surface area contributed by atoms with E-state index in [1.54, 1.807) is 23.0 Å². The van der Waals surface area contributed by atoms with E-state index in [9.17, 15) is 4.79 Å². The van der Waals surface area contributed by atoms with Gasteiger partial charge >= 0.3 is 0 Å². The molecule has 2 aromatic rings. The standard InChI is InChI=1S/C14H20N6.C4H5NO/c15-9-6-12-13(19-10-4-2-1-3-5-10)11(14(16)17)7-18-20(12)8-9;1-4(6)2-3-5/h6-8,10,19H,1-5,15H2,(H3,16,17);2H2,1H3. The van der Waals surface area contributed by atoms with E-state index in [0.717, 1.165) is 24.0 Å². The Hall–Kier alpha value is -3.08. The number of anilines is 2. The summed E-state index contributed by atoms with van der Waals surface area (Å²) in [7, 11) is 0. The average molecular weight is 355 g/mol. The second kappa shape index (κ2) is 8.85. The number of amidine groups is 1. The van der Waals surface area contributed by atoms with Crippen molar-refractivity contribution >= 4 is 28.5 Å². The van der Waals surface area contributed by atoms with Crippen LogP contribution in [0.5, 0.6) is 0 Å².